The van der Waals surface area contributed by atoms with Crippen LogP contribution in [0, 0.1) is 5.92 Å². The van der Waals surface area contributed by atoms with E-state index < -0.39 is 18.6 Å². The van der Waals surface area contributed by atoms with Gasteiger partial charge in [0.15, 0.2) is 0 Å². The minimum Gasteiger partial charge on any atom is -0.334 e. The van der Waals surface area contributed by atoms with Crippen molar-refractivity contribution in [3.63, 3.8) is 0 Å². The van der Waals surface area contributed by atoms with Crippen LogP contribution in [0.4, 0.5) is 13.2 Å². The van der Waals surface area contributed by atoms with Crippen LogP contribution in [0.3, 0.4) is 0 Å². The quantitative estimate of drug-likeness (QED) is 0.678. The van der Waals surface area contributed by atoms with Crippen LogP contribution in [0.5, 0.6) is 0 Å². The van der Waals surface area contributed by atoms with E-state index in [0.29, 0.717) is 0 Å². The van der Waals surface area contributed by atoms with Crippen LogP contribution in [0.1, 0.15) is 20.8 Å². The molecule has 13 heavy (non-hydrogen) atoms. The van der Waals surface area contributed by atoms with Gasteiger partial charge >= 0.3 is 6.18 Å². The lowest BCUT2D eigenvalue weighted by molar-refractivity contribution is -0.160. The first-order chi connectivity index (χ1) is 5.72. The summed E-state index contributed by atoms with van der Waals surface area (Å²) in [5, 5.41) is 0. The molecule has 0 fully saturated rings. The first-order valence-electron chi connectivity index (χ1n) is 4.04. The van der Waals surface area contributed by atoms with Crippen LogP contribution in [-0.4, -0.2) is 30.1 Å². The molecule has 0 bridgehead atoms. The summed E-state index contributed by atoms with van der Waals surface area (Å²) >= 11 is 0. The Morgan fingerprint density at radius 2 is 1.85 bits per heavy atom. The van der Waals surface area contributed by atoms with Gasteiger partial charge in [-0.3, -0.25) is 4.79 Å². The van der Waals surface area contributed by atoms with Crippen LogP contribution in [0.15, 0.2) is 0 Å². The Hall–Kier alpha value is -0.740. The molecule has 0 aromatic rings. The van der Waals surface area contributed by atoms with E-state index >= 15 is 0 Å². The van der Waals surface area contributed by atoms with Crippen molar-refractivity contribution in [3.05, 3.63) is 0 Å². The summed E-state index contributed by atoms with van der Waals surface area (Å²) in [4.78, 5) is 11.6. The van der Waals surface area contributed by atoms with Crippen LogP contribution >= 0.6 is 0 Å². The highest BCUT2D eigenvalue weighted by Crippen LogP contribution is 2.17. The zero-order valence-corrected chi connectivity index (χ0v) is 7.98. The molecular weight excluding hydrogens is 183 g/mol. The second-order valence-corrected chi connectivity index (χ2v) is 3.41. The molecule has 0 radical (unpaired) electrons. The molecule has 0 saturated heterocycles. The first kappa shape index (κ1) is 12.3. The summed E-state index contributed by atoms with van der Waals surface area (Å²) in [5.74, 6) is -0.489. The fourth-order valence-electron chi connectivity index (χ4n) is 0.962. The van der Waals surface area contributed by atoms with Gasteiger partial charge in [-0.05, 0) is 5.92 Å². The third-order valence-electron chi connectivity index (χ3n) is 1.40. The minimum atomic E-state index is -4.30. The molecule has 0 aliphatic heterocycles. The summed E-state index contributed by atoms with van der Waals surface area (Å²) in [6.07, 6.45) is -4.30. The number of amides is 1. The number of carbonyl (C=O) groups excluding carboxylic acids is 1. The zero-order valence-electron chi connectivity index (χ0n) is 7.98. The molecule has 0 heterocycles. The summed E-state index contributed by atoms with van der Waals surface area (Å²) in [7, 11) is 0. The van der Waals surface area contributed by atoms with Gasteiger partial charge in [0, 0.05) is 13.5 Å². The van der Waals surface area contributed by atoms with Gasteiger partial charge in [-0.2, -0.15) is 13.2 Å². The van der Waals surface area contributed by atoms with E-state index in [0.717, 1.165) is 11.8 Å². The Balaban J connectivity index is 4.19. The van der Waals surface area contributed by atoms with Crippen molar-refractivity contribution in [2.45, 2.75) is 26.9 Å². The SMILES string of the molecule is CC(=O)N(CC(C)C)CC(F)(F)F. The molecule has 5 heteroatoms. The maximum Gasteiger partial charge on any atom is 0.406 e. The highest BCUT2D eigenvalue weighted by Gasteiger charge is 2.31. The van der Waals surface area contributed by atoms with Gasteiger partial charge in [-0.25, -0.2) is 0 Å². The number of nitrogens with zero attached hydrogens (tertiary/aromatic N) is 1. The fraction of sp³-hybridized carbons (Fsp3) is 0.875. The van der Waals surface area contributed by atoms with Gasteiger partial charge in [0.05, 0.1) is 0 Å². The molecule has 0 aromatic heterocycles. The Bertz CT molecular complexity index is 177. The van der Waals surface area contributed by atoms with E-state index in [9.17, 15) is 18.0 Å². The Morgan fingerprint density at radius 3 is 2.08 bits per heavy atom. The van der Waals surface area contributed by atoms with E-state index in [4.69, 9.17) is 0 Å². The molecule has 0 rings (SSSR count). The highest BCUT2D eigenvalue weighted by atomic mass is 19.4. The van der Waals surface area contributed by atoms with Crippen LogP contribution in [0.25, 0.3) is 0 Å². The molecule has 0 saturated carbocycles. The Kier molecular flexibility index (Phi) is 4.23. The van der Waals surface area contributed by atoms with E-state index in [1.807, 2.05) is 0 Å². The molecule has 1 amide bonds. The summed E-state index contributed by atoms with van der Waals surface area (Å²) in [5.41, 5.74) is 0. The fourth-order valence-corrected chi connectivity index (χ4v) is 0.962. The van der Waals surface area contributed by atoms with Gasteiger partial charge in [-0.15, -0.1) is 0 Å². The predicted molar refractivity (Wildman–Crippen MR) is 43.1 cm³/mol. The van der Waals surface area contributed by atoms with Crippen LogP contribution < -0.4 is 0 Å². The Labute approximate surface area is 75.7 Å². The van der Waals surface area contributed by atoms with Gasteiger partial charge in [0.1, 0.15) is 6.54 Å². The summed E-state index contributed by atoms with van der Waals surface area (Å²) in [6.45, 7) is 3.68. The van der Waals surface area contributed by atoms with Crippen molar-refractivity contribution in [1.82, 2.24) is 4.90 Å². The number of hydrogen-bond donors (Lipinski definition) is 0. The first-order valence-corrected chi connectivity index (χ1v) is 4.04. The van der Waals surface area contributed by atoms with E-state index in [1.54, 1.807) is 13.8 Å². The largest absolute Gasteiger partial charge is 0.406 e. The van der Waals surface area contributed by atoms with Crippen molar-refractivity contribution >= 4 is 5.91 Å². The minimum absolute atomic E-state index is 0.0475. The monoisotopic (exact) mass is 197 g/mol. The summed E-state index contributed by atoms with van der Waals surface area (Å²) in [6, 6.07) is 0. The molecule has 0 N–H and O–H groups in total. The lowest BCUT2D eigenvalue weighted by atomic mass is 10.2. The number of halogens is 3. The second-order valence-electron chi connectivity index (χ2n) is 3.41. The third-order valence-corrected chi connectivity index (χ3v) is 1.40. The molecule has 0 unspecified atom stereocenters. The zero-order chi connectivity index (χ0) is 10.6. The smallest absolute Gasteiger partial charge is 0.334 e. The van der Waals surface area contributed by atoms with Crippen molar-refractivity contribution in [2.24, 2.45) is 5.92 Å². The molecule has 2 nitrogen and oxygen atoms in total. The topological polar surface area (TPSA) is 20.3 Å². The molecule has 0 aliphatic carbocycles. The highest BCUT2D eigenvalue weighted by molar-refractivity contribution is 5.73. The average Bonchev–Trinajstić information content (AvgIpc) is 1.81. The number of hydrogen-bond acceptors (Lipinski definition) is 1. The van der Waals surface area contributed by atoms with Crippen molar-refractivity contribution in [1.29, 1.82) is 0 Å². The molecule has 0 atom stereocenters. The molecule has 0 aromatic carbocycles. The molecule has 78 valence electrons. The molecular formula is C8H14F3NO. The Morgan fingerprint density at radius 1 is 1.38 bits per heavy atom. The van der Waals surface area contributed by atoms with E-state index in [2.05, 4.69) is 0 Å². The summed E-state index contributed by atoms with van der Waals surface area (Å²) < 4.78 is 35.8. The van der Waals surface area contributed by atoms with Crippen molar-refractivity contribution in [3.8, 4) is 0 Å². The van der Waals surface area contributed by atoms with Crippen molar-refractivity contribution in [2.75, 3.05) is 13.1 Å². The van der Waals surface area contributed by atoms with Crippen molar-refractivity contribution < 1.29 is 18.0 Å². The van der Waals surface area contributed by atoms with E-state index in [-0.39, 0.29) is 12.5 Å². The second kappa shape index (κ2) is 4.48. The van der Waals surface area contributed by atoms with Gasteiger partial charge in [0.25, 0.3) is 0 Å². The number of alkyl halides is 3. The predicted octanol–water partition coefficient (Wildman–Crippen LogP) is 2.05. The normalized spacial score (nSPS) is 11.9. The molecule has 0 aliphatic rings. The van der Waals surface area contributed by atoms with Crippen LogP contribution in [0.2, 0.25) is 0 Å². The van der Waals surface area contributed by atoms with Gasteiger partial charge < -0.3 is 4.90 Å². The average molecular weight is 197 g/mol. The van der Waals surface area contributed by atoms with Crippen LogP contribution in [-0.2, 0) is 4.79 Å². The van der Waals surface area contributed by atoms with Gasteiger partial charge in [0.2, 0.25) is 5.91 Å². The number of carbonyl (C=O) groups is 1. The lowest BCUT2D eigenvalue weighted by Gasteiger charge is -2.24. The van der Waals surface area contributed by atoms with Gasteiger partial charge in [-0.1, -0.05) is 13.8 Å². The standard InChI is InChI=1S/C8H14F3NO/c1-6(2)4-12(7(3)13)5-8(9,10)11/h6H,4-5H2,1-3H3. The maximum atomic E-state index is 11.9. The number of rotatable bonds is 3. The maximum absolute atomic E-state index is 11.9. The third kappa shape index (κ3) is 6.42. The molecule has 0 spiro atoms. The lowest BCUT2D eigenvalue weighted by Crippen LogP contribution is -2.39. The van der Waals surface area contributed by atoms with E-state index in [1.165, 1.54) is 0 Å².